The first kappa shape index (κ1) is 12.9. The van der Waals surface area contributed by atoms with Crippen molar-refractivity contribution >= 4 is 44.6 Å². The molecule has 0 aliphatic carbocycles. The molecular weight excluding hydrogens is 292 g/mol. The van der Waals surface area contributed by atoms with Gasteiger partial charge in [0.2, 0.25) is 0 Å². The predicted octanol–water partition coefficient (Wildman–Crippen LogP) is 3.27. The summed E-state index contributed by atoms with van der Waals surface area (Å²) in [6, 6.07) is 4.14. The average Bonchev–Trinajstić information content (AvgIpc) is 2.62. The maximum atomic E-state index is 5.14. The molecule has 0 saturated carbocycles. The van der Waals surface area contributed by atoms with Gasteiger partial charge in [-0.2, -0.15) is 0 Å². The van der Waals surface area contributed by atoms with E-state index in [0.717, 1.165) is 28.4 Å². The Hall–Kier alpha value is -0.130. The molecule has 0 bridgehead atoms. The first-order valence-corrected chi connectivity index (χ1v) is 7.00. The second-order valence-corrected chi connectivity index (χ2v) is 6.12. The summed E-state index contributed by atoms with van der Waals surface area (Å²) < 4.78 is 1.16. The van der Waals surface area contributed by atoms with Crippen LogP contribution in [0.4, 0.5) is 0 Å². The van der Waals surface area contributed by atoms with Gasteiger partial charge in [0, 0.05) is 11.4 Å². The average molecular weight is 307 g/mol. The molecule has 0 saturated heterocycles. The normalized spacial score (nSPS) is 10.0. The maximum Gasteiger partial charge on any atom is 0.166 e. The van der Waals surface area contributed by atoms with Gasteiger partial charge >= 0.3 is 0 Å². The van der Waals surface area contributed by atoms with E-state index < -0.39 is 0 Å². The molecule has 1 heterocycles. The van der Waals surface area contributed by atoms with E-state index in [4.69, 9.17) is 12.2 Å². The lowest BCUT2D eigenvalue weighted by Gasteiger charge is -2.08. The van der Waals surface area contributed by atoms with E-state index in [9.17, 15) is 0 Å². The molecule has 0 aliphatic rings. The lowest BCUT2D eigenvalue weighted by atomic mass is 10.3. The molecule has 0 aromatic carbocycles. The van der Waals surface area contributed by atoms with Crippen LogP contribution in [-0.2, 0) is 6.54 Å². The zero-order chi connectivity index (χ0) is 11.1. The van der Waals surface area contributed by atoms with Gasteiger partial charge in [0.25, 0.3) is 0 Å². The molecule has 5 heteroatoms. The van der Waals surface area contributed by atoms with Crippen molar-refractivity contribution in [3.8, 4) is 0 Å². The molecule has 0 spiro atoms. The molecule has 0 aliphatic heterocycles. The highest BCUT2D eigenvalue weighted by atomic mass is 79.9. The quantitative estimate of drug-likeness (QED) is 0.645. The zero-order valence-electron chi connectivity index (χ0n) is 8.68. The first-order chi connectivity index (χ1) is 7.22. The van der Waals surface area contributed by atoms with Crippen molar-refractivity contribution in [3.63, 3.8) is 0 Å². The van der Waals surface area contributed by atoms with E-state index in [1.165, 1.54) is 11.3 Å². The van der Waals surface area contributed by atoms with Gasteiger partial charge < -0.3 is 10.6 Å². The minimum Gasteiger partial charge on any atom is -0.363 e. The molecule has 1 aromatic heterocycles. The topological polar surface area (TPSA) is 24.1 Å². The van der Waals surface area contributed by atoms with E-state index in [2.05, 4.69) is 45.6 Å². The van der Waals surface area contributed by atoms with E-state index in [0.29, 0.717) is 0 Å². The standard InChI is InChI=1S/C10H15BrN2S2/c1-2-3-6-12-10(14)13-7-8-4-5-9(11)15-8/h4-5H,2-3,6-7H2,1H3,(H2,12,13,14). The molecule has 0 amide bonds. The van der Waals surface area contributed by atoms with Crippen LogP contribution in [0, 0.1) is 0 Å². The highest BCUT2D eigenvalue weighted by Crippen LogP contribution is 2.21. The van der Waals surface area contributed by atoms with E-state index >= 15 is 0 Å². The van der Waals surface area contributed by atoms with Crippen molar-refractivity contribution in [3.05, 3.63) is 20.8 Å². The van der Waals surface area contributed by atoms with Gasteiger partial charge in [-0.1, -0.05) is 13.3 Å². The Balaban J connectivity index is 2.16. The van der Waals surface area contributed by atoms with Crippen LogP contribution >= 0.6 is 39.5 Å². The summed E-state index contributed by atoms with van der Waals surface area (Å²) in [7, 11) is 0. The molecule has 15 heavy (non-hydrogen) atoms. The number of nitrogens with one attached hydrogen (secondary N) is 2. The Morgan fingerprint density at radius 2 is 2.27 bits per heavy atom. The van der Waals surface area contributed by atoms with Gasteiger partial charge in [-0.3, -0.25) is 0 Å². The molecule has 1 aromatic rings. The number of hydrogen-bond donors (Lipinski definition) is 2. The molecule has 0 radical (unpaired) electrons. The fraction of sp³-hybridized carbons (Fsp3) is 0.500. The van der Waals surface area contributed by atoms with E-state index in [1.54, 1.807) is 11.3 Å². The van der Waals surface area contributed by atoms with Crippen LogP contribution in [0.3, 0.4) is 0 Å². The van der Waals surface area contributed by atoms with Gasteiger partial charge in [0.15, 0.2) is 5.11 Å². The molecule has 0 unspecified atom stereocenters. The van der Waals surface area contributed by atoms with E-state index in [-0.39, 0.29) is 0 Å². The summed E-state index contributed by atoms with van der Waals surface area (Å²) in [6.45, 7) is 3.92. The summed E-state index contributed by atoms with van der Waals surface area (Å²) in [4.78, 5) is 1.28. The third-order valence-corrected chi connectivity index (χ3v) is 3.78. The van der Waals surface area contributed by atoms with Crippen LogP contribution in [0.2, 0.25) is 0 Å². The second kappa shape index (κ2) is 7.19. The number of hydrogen-bond acceptors (Lipinski definition) is 2. The predicted molar refractivity (Wildman–Crippen MR) is 74.4 cm³/mol. The molecule has 2 N–H and O–H groups in total. The Morgan fingerprint density at radius 1 is 1.47 bits per heavy atom. The molecule has 2 nitrogen and oxygen atoms in total. The van der Waals surface area contributed by atoms with Crippen LogP contribution in [0.15, 0.2) is 15.9 Å². The van der Waals surface area contributed by atoms with Crippen molar-refractivity contribution in [2.75, 3.05) is 6.54 Å². The van der Waals surface area contributed by atoms with Gasteiger partial charge in [-0.25, -0.2) is 0 Å². The van der Waals surface area contributed by atoms with Gasteiger partial charge in [-0.05, 0) is 46.7 Å². The summed E-state index contributed by atoms with van der Waals surface area (Å²) in [5.41, 5.74) is 0. The molecular formula is C10H15BrN2S2. The lowest BCUT2D eigenvalue weighted by molar-refractivity contribution is 0.740. The maximum absolute atomic E-state index is 5.14. The molecule has 1 rings (SSSR count). The zero-order valence-corrected chi connectivity index (χ0v) is 11.9. The van der Waals surface area contributed by atoms with Crippen molar-refractivity contribution in [1.82, 2.24) is 10.6 Å². The first-order valence-electron chi connectivity index (χ1n) is 4.98. The van der Waals surface area contributed by atoms with Crippen molar-refractivity contribution in [2.24, 2.45) is 0 Å². The van der Waals surface area contributed by atoms with Crippen molar-refractivity contribution in [2.45, 2.75) is 26.3 Å². The van der Waals surface area contributed by atoms with Gasteiger partial charge in [0.1, 0.15) is 0 Å². The third-order valence-electron chi connectivity index (χ3n) is 1.87. The molecule has 0 fully saturated rings. The van der Waals surface area contributed by atoms with Crippen LogP contribution in [-0.4, -0.2) is 11.7 Å². The minimum absolute atomic E-state index is 0.743. The van der Waals surface area contributed by atoms with Crippen LogP contribution in [0.25, 0.3) is 0 Å². The Kier molecular flexibility index (Phi) is 6.20. The summed E-state index contributed by atoms with van der Waals surface area (Å²) >= 11 is 10.3. The van der Waals surface area contributed by atoms with Crippen molar-refractivity contribution < 1.29 is 0 Å². The summed E-state index contributed by atoms with van der Waals surface area (Å²) in [5, 5.41) is 7.10. The highest BCUT2D eigenvalue weighted by Gasteiger charge is 1.98. The van der Waals surface area contributed by atoms with Crippen LogP contribution in [0.5, 0.6) is 0 Å². The number of thiophene rings is 1. The van der Waals surface area contributed by atoms with Gasteiger partial charge in [0.05, 0.1) is 10.3 Å². The SMILES string of the molecule is CCCCNC(=S)NCc1ccc(Br)s1. The fourth-order valence-corrected chi connectivity index (χ4v) is 2.65. The third kappa shape index (κ3) is 5.49. The summed E-state index contributed by atoms with van der Waals surface area (Å²) in [6.07, 6.45) is 2.35. The second-order valence-electron chi connectivity index (χ2n) is 3.17. The number of thiocarbonyl (C=S) groups is 1. The Bertz CT molecular complexity index is 312. The van der Waals surface area contributed by atoms with Crippen molar-refractivity contribution in [1.29, 1.82) is 0 Å². The lowest BCUT2D eigenvalue weighted by Crippen LogP contribution is -2.35. The van der Waals surface area contributed by atoms with Gasteiger partial charge in [-0.15, -0.1) is 11.3 Å². The number of unbranched alkanes of at least 4 members (excludes halogenated alkanes) is 1. The Labute approximate surface area is 109 Å². The highest BCUT2D eigenvalue weighted by molar-refractivity contribution is 9.11. The Morgan fingerprint density at radius 3 is 2.87 bits per heavy atom. The smallest absolute Gasteiger partial charge is 0.166 e. The van der Waals surface area contributed by atoms with Crippen LogP contribution < -0.4 is 10.6 Å². The largest absolute Gasteiger partial charge is 0.363 e. The number of halogens is 1. The minimum atomic E-state index is 0.743. The fourth-order valence-electron chi connectivity index (χ4n) is 1.06. The monoisotopic (exact) mass is 306 g/mol. The summed E-state index contributed by atoms with van der Waals surface area (Å²) in [5.74, 6) is 0. The van der Waals surface area contributed by atoms with E-state index in [1.807, 2.05) is 0 Å². The number of rotatable bonds is 5. The molecule has 84 valence electrons. The van der Waals surface area contributed by atoms with Crippen LogP contribution in [0.1, 0.15) is 24.6 Å². The molecule has 0 atom stereocenters.